The third-order valence-corrected chi connectivity index (χ3v) is 5.54. The Morgan fingerprint density at radius 2 is 1.85 bits per heavy atom. The number of para-hydroxylation sites is 1. The first-order chi connectivity index (χ1) is 16.6. The van der Waals surface area contributed by atoms with E-state index in [0.29, 0.717) is 36.8 Å². The number of hydrogen-bond donors (Lipinski definition) is 0. The number of fused-ring (bicyclic) bond motifs is 1. The molecule has 0 saturated carbocycles. The van der Waals surface area contributed by atoms with Crippen LogP contribution in [0.25, 0.3) is 10.9 Å². The fourth-order valence-corrected chi connectivity index (χ4v) is 3.76. The van der Waals surface area contributed by atoms with Gasteiger partial charge in [-0.2, -0.15) is 5.26 Å². The number of hydrogen-bond acceptors (Lipinski definition) is 7. The minimum absolute atomic E-state index is 0.131. The van der Waals surface area contributed by atoms with Gasteiger partial charge >= 0.3 is 5.97 Å². The number of benzene rings is 2. The summed E-state index contributed by atoms with van der Waals surface area (Å²) < 4.78 is 16.5. The number of carbonyl (C=O) groups is 1. The van der Waals surface area contributed by atoms with E-state index in [1.807, 2.05) is 61.3 Å². The van der Waals surface area contributed by atoms with Crippen LogP contribution in [-0.4, -0.2) is 38.3 Å². The molecule has 0 radical (unpaired) electrons. The van der Waals surface area contributed by atoms with Crippen LogP contribution in [0.15, 0.2) is 48.5 Å². The normalized spacial score (nSPS) is 10.5. The second kappa shape index (κ2) is 12.4. The van der Waals surface area contributed by atoms with Crippen LogP contribution < -0.4 is 14.4 Å². The van der Waals surface area contributed by atoms with Crippen LogP contribution in [0.5, 0.6) is 11.5 Å². The van der Waals surface area contributed by atoms with Gasteiger partial charge in [-0.3, -0.25) is 4.79 Å². The first kappa shape index (κ1) is 24.8. The summed E-state index contributed by atoms with van der Waals surface area (Å²) in [6, 6.07) is 17.5. The number of esters is 1. The molecular formula is C27H31N3O4. The van der Waals surface area contributed by atoms with E-state index in [-0.39, 0.29) is 5.97 Å². The highest BCUT2D eigenvalue weighted by molar-refractivity contribution is 5.94. The van der Waals surface area contributed by atoms with Crippen molar-refractivity contribution in [2.75, 3.05) is 32.3 Å². The molecule has 0 N–H and O–H groups in total. The topological polar surface area (TPSA) is 84.7 Å². The summed E-state index contributed by atoms with van der Waals surface area (Å²) >= 11 is 0. The first-order valence-electron chi connectivity index (χ1n) is 11.6. The van der Waals surface area contributed by atoms with Crippen molar-refractivity contribution in [3.8, 4) is 17.6 Å². The third kappa shape index (κ3) is 6.38. The summed E-state index contributed by atoms with van der Waals surface area (Å²) in [5, 5.41) is 10.4. The maximum atomic E-state index is 11.4. The van der Waals surface area contributed by atoms with E-state index in [1.165, 1.54) is 0 Å². The summed E-state index contributed by atoms with van der Waals surface area (Å²) in [5.74, 6) is 1.20. The zero-order valence-corrected chi connectivity index (χ0v) is 20.0. The molecule has 0 unspecified atom stereocenters. The second-order valence-electron chi connectivity index (χ2n) is 7.87. The molecular weight excluding hydrogens is 430 g/mol. The molecule has 7 nitrogen and oxygen atoms in total. The molecule has 3 aromatic rings. The Morgan fingerprint density at radius 1 is 1.06 bits per heavy atom. The molecule has 2 aromatic carbocycles. The first-order valence-corrected chi connectivity index (χ1v) is 11.6. The van der Waals surface area contributed by atoms with E-state index >= 15 is 0 Å². The van der Waals surface area contributed by atoms with Gasteiger partial charge in [0, 0.05) is 30.6 Å². The van der Waals surface area contributed by atoms with Crippen molar-refractivity contribution in [3.05, 3.63) is 54.2 Å². The van der Waals surface area contributed by atoms with Gasteiger partial charge in [-0.05, 0) is 44.0 Å². The Bertz CT molecular complexity index is 1160. The fraction of sp³-hybridized carbons (Fsp3) is 0.370. The summed E-state index contributed by atoms with van der Waals surface area (Å²) in [7, 11) is 3.58. The summed E-state index contributed by atoms with van der Waals surface area (Å²) in [5.41, 5.74) is 2.94. The van der Waals surface area contributed by atoms with Crippen LogP contribution in [0.2, 0.25) is 0 Å². The highest BCUT2D eigenvalue weighted by Crippen LogP contribution is 2.36. The number of ether oxygens (including phenoxy) is 3. The monoisotopic (exact) mass is 461 g/mol. The Morgan fingerprint density at radius 3 is 2.62 bits per heavy atom. The van der Waals surface area contributed by atoms with Gasteiger partial charge in [0.2, 0.25) is 0 Å². The molecule has 1 aromatic heterocycles. The number of aromatic nitrogens is 1. The average molecular weight is 462 g/mol. The van der Waals surface area contributed by atoms with Crippen molar-refractivity contribution in [3.63, 3.8) is 0 Å². The van der Waals surface area contributed by atoms with Gasteiger partial charge in [0.05, 0.1) is 31.5 Å². The Balaban J connectivity index is 1.67. The Labute approximate surface area is 200 Å². The van der Waals surface area contributed by atoms with E-state index in [0.717, 1.165) is 48.0 Å². The van der Waals surface area contributed by atoms with Crippen LogP contribution in [0.3, 0.4) is 0 Å². The molecule has 0 aliphatic carbocycles. The number of carbonyl (C=O) groups excluding carboxylic acids is 1. The molecule has 0 spiro atoms. The third-order valence-electron chi connectivity index (χ3n) is 5.54. The number of anilines is 2. The molecule has 3 rings (SSSR count). The molecule has 0 saturated heterocycles. The van der Waals surface area contributed by atoms with Crippen molar-refractivity contribution in [2.45, 2.75) is 39.0 Å². The minimum Gasteiger partial charge on any atom is -0.493 e. The van der Waals surface area contributed by atoms with Crippen molar-refractivity contribution in [1.82, 2.24) is 4.98 Å². The van der Waals surface area contributed by atoms with Crippen LogP contribution in [0.1, 0.15) is 44.7 Å². The largest absolute Gasteiger partial charge is 0.493 e. The zero-order valence-electron chi connectivity index (χ0n) is 20.0. The lowest BCUT2D eigenvalue weighted by atomic mass is 10.1. The fourth-order valence-electron chi connectivity index (χ4n) is 3.76. The molecule has 0 bridgehead atoms. The number of pyridine rings is 1. The molecule has 0 fully saturated rings. The van der Waals surface area contributed by atoms with Crippen LogP contribution in [-0.2, 0) is 9.53 Å². The highest BCUT2D eigenvalue weighted by Gasteiger charge is 2.14. The van der Waals surface area contributed by atoms with Gasteiger partial charge in [0.25, 0.3) is 0 Å². The van der Waals surface area contributed by atoms with E-state index in [9.17, 15) is 10.1 Å². The van der Waals surface area contributed by atoms with Gasteiger partial charge in [-0.15, -0.1) is 0 Å². The van der Waals surface area contributed by atoms with Gasteiger partial charge in [0.1, 0.15) is 11.8 Å². The predicted molar refractivity (Wildman–Crippen MR) is 133 cm³/mol. The molecule has 34 heavy (non-hydrogen) atoms. The maximum absolute atomic E-state index is 11.4. The highest BCUT2D eigenvalue weighted by atomic mass is 16.5. The van der Waals surface area contributed by atoms with Crippen molar-refractivity contribution in [2.24, 2.45) is 0 Å². The average Bonchev–Trinajstić information content (AvgIpc) is 2.87. The Kier molecular flexibility index (Phi) is 9.10. The molecule has 1 heterocycles. The van der Waals surface area contributed by atoms with Crippen molar-refractivity contribution < 1.29 is 19.0 Å². The molecule has 7 heteroatoms. The van der Waals surface area contributed by atoms with Crippen molar-refractivity contribution >= 4 is 28.2 Å². The number of unbranched alkanes of at least 4 members (excludes halogenated alkanes) is 3. The van der Waals surface area contributed by atoms with Gasteiger partial charge in [-0.25, -0.2) is 4.98 Å². The number of nitrogens with zero attached hydrogens (tertiary/aromatic N) is 3. The van der Waals surface area contributed by atoms with E-state index < -0.39 is 0 Å². The van der Waals surface area contributed by atoms with E-state index in [4.69, 9.17) is 14.2 Å². The Hall–Kier alpha value is -3.79. The number of rotatable bonds is 12. The van der Waals surface area contributed by atoms with Crippen LogP contribution in [0.4, 0.5) is 11.4 Å². The van der Waals surface area contributed by atoms with Gasteiger partial charge < -0.3 is 19.1 Å². The second-order valence-corrected chi connectivity index (χ2v) is 7.87. The van der Waals surface area contributed by atoms with E-state index in [2.05, 4.69) is 11.1 Å². The van der Waals surface area contributed by atoms with Crippen LogP contribution in [0, 0.1) is 11.3 Å². The standard InChI is InChI=1S/C27H31N3O4/c1-4-33-27(31)13-7-5-6-10-16-34-26-18-21(14-15-25(26)32-3)30(2)24-17-20(19-28)29-23-12-9-8-11-22(23)24/h8-9,11-12,14-15,17-18H,4-7,10,13,16H2,1-3H3. The smallest absolute Gasteiger partial charge is 0.305 e. The summed E-state index contributed by atoms with van der Waals surface area (Å²) in [4.78, 5) is 17.8. The maximum Gasteiger partial charge on any atom is 0.305 e. The summed E-state index contributed by atoms with van der Waals surface area (Å²) in [6.45, 7) is 2.80. The number of methoxy groups -OCH3 is 1. The molecule has 0 aliphatic heterocycles. The van der Waals surface area contributed by atoms with Crippen LogP contribution >= 0.6 is 0 Å². The molecule has 178 valence electrons. The lowest BCUT2D eigenvalue weighted by molar-refractivity contribution is -0.143. The molecule has 0 amide bonds. The number of nitriles is 1. The minimum atomic E-state index is -0.131. The lowest BCUT2D eigenvalue weighted by Crippen LogP contribution is -2.11. The molecule has 0 atom stereocenters. The summed E-state index contributed by atoms with van der Waals surface area (Å²) in [6.07, 6.45) is 4.10. The lowest BCUT2D eigenvalue weighted by Gasteiger charge is -2.23. The van der Waals surface area contributed by atoms with E-state index in [1.54, 1.807) is 13.2 Å². The molecule has 0 aliphatic rings. The quantitative estimate of drug-likeness (QED) is 0.250. The predicted octanol–water partition coefficient (Wildman–Crippen LogP) is 5.78. The zero-order chi connectivity index (χ0) is 24.3. The van der Waals surface area contributed by atoms with Crippen molar-refractivity contribution in [1.29, 1.82) is 5.26 Å². The van der Waals surface area contributed by atoms with Gasteiger partial charge in [0.15, 0.2) is 11.5 Å². The van der Waals surface area contributed by atoms with Gasteiger partial charge in [-0.1, -0.05) is 31.0 Å². The SMILES string of the molecule is CCOC(=O)CCCCCCOc1cc(N(C)c2cc(C#N)nc3ccccc23)ccc1OC.